The fraction of sp³-hybridized carbons (Fsp3) is 0.0909. The van der Waals surface area contributed by atoms with Crippen LogP contribution in [-0.4, -0.2) is 16.2 Å². The number of nitrogens with zero attached hydrogens (tertiary/aromatic N) is 2. The second kappa shape index (κ2) is 4.37. The molecule has 0 atom stereocenters. The molecule has 0 unspecified atom stereocenters. The number of aromatic amines is 1. The van der Waals surface area contributed by atoms with Crippen LogP contribution in [0.1, 0.15) is 11.3 Å². The van der Waals surface area contributed by atoms with E-state index in [2.05, 4.69) is 27.1 Å². The van der Waals surface area contributed by atoms with Crippen LogP contribution in [0.4, 0.5) is 0 Å². The number of hydrogen-bond donors (Lipinski definition) is 1. The predicted octanol–water partition coefficient (Wildman–Crippen LogP) is 2.03. The number of aromatic nitrogens is 2. The molecule has 1 aromatic carbocycles. The molecule has 0 spiro atoms. The van der Waals surface area contributed by atoms with Crippen molar-refractivity contribution in [3.05, 3.63) is 54.1 Å². The van der Waals surface area contributed by atoms with Crippen molar-refractivity contribution in [2.45, 2.75) is 6.54 Å². The maximum atomic E-state index is 4.29. The molecule has 0 fully saturated rings. The molecule has 0 aliphatic heterocycles. The minimum absolute atomic E-state index is 0.708. The van der Waals surface area contributed by atoms with E-state index in [0.717, 1.165) is 5.69 Å². The number of rotatable bonds is 3. The van der Waals surface area contributed by atoms with E-state index in [1.165, 1.54) is 5.56 Å². The van der Waals surface area contributed by atoms with Gasteiger partial charge in [-0.15, -0.1) is 0 Å². The Labute approximate surface area is 82.5 Å². The molecule has 1 aromatic heterocycles. The molecule has 0 saturated heterocycles. The molecule has 0 saturated carbocycles. The summed E-state index contributed by atoms with van der Waals surface area (Å²) in [5.41, 5.74) is 2.14. The first-order chi connectivity index (χ1) is 6.95. The topological polar surface area (TPSA) is 41.0 Å². The van der Waals surface area contributed by atoms with Crippen LogP contribution >= 0.6 is 0 Å². The number of H-pyrrole nitrogens is 1. The highest BCUT2D eigenvalue weighted by atomic mass is 14.9. The molecule has 1 heterocycles. The molecule has 2 aromatic rings. The van der Waals surface area contributed by atoms with Gasteiger partial charge in [-0.3, -0.25) is 4.99 Å². The van der Waals surface area contributed by atoms with Crippen LogP contribution in [0.15, 0.2) is 47.8 Å². The lowest BCUT2D eigenvalue weighted by Gasteiger charge is -1.93. The van der Waals surface area contributed by atoms with Gasteiger partial charge < -0.3 is 4.98 Å². The number of hydrogen-bond acceptors (Lipinski definition) is 2. The molecule has 0 amide bonds. The summed E-state index contributed by atoms with van der Waals surface area (Å²) in [5, 5.41) is 0. The van der Waals surface area contributed by atoms with Crippen LogP contribution in [0.25, 0.3) is 0 Å². The highest BCUT2D eigenvalue weighted by molar-refractivity contribution is 5.76. The van der Waals surface area contributed by atoms with Crippen LogP contribution in [0, 0.1) is 0 Å². The van der Waals surface area contributed by atoms with E-state index in [1.54, 1.807) is 18.7 Å². The van der Waals surface area contributed by atoms with Crippen molar-refractivity contribution in [2.75, 3.05) is 0 Å². The summed E-state index contributed by atoms with van der Waals surface area (Å²) in [4.78, 5) is 11.2. The van der Waals surface area contributed by atoms with Gasteiger partial charge in [-0.05, 0) is 5.56 Å². The Bertz CT molecular complexity index is 390. The highest BCUT2D eigenvalue weighted by Gasteiger charge is 1.88. The maximum absolute atomic E-state index is 4.29. The zero-order chi connectivity index (χ0) is 9.64. The zero-order valence-electron chi connectivity index (χ0n) is 7.72. The third-order valence-electron chi connectivity index (χ3n) is 1.87. The fourth-order valence-electron chi connectivity index (χ4n) is 1.17. The Morgan fingerprint density at radius 2 is 2.14 bits per heavy atom. The Balaban J connectivity index is 1.95. The summed E-state index contributed by atoms with van der Waals surface area (Å²) in [5.74, 6) is 0. The van der Waals surface area contributed by atoms with E-state index in [4.69, 9.17) is 0 Å². The molecule has 2 rings (SSSR count). The summed E-state index contributed by atoms with van der Waals surface area (Å²) < 4.78 is 0. The Morgan fingerprint density at radius 1 is 1.29 bits per heavy atom. The van der Waals surface area contributed by atoms with E-state index in [-0.39, 0.29) is 0 Å². The lowest BCUT2D eigenvalue weighted by molar-refractivity contribution is 1.07. The predicted molar refractivity (Wildman–Crippen MR) is 56.3 cm³/mol. The Kier molecular flexibility index (Phi) is 2.71. The molecule has 14 heavy (non-hydrogen) atoms. The molecule has 0 aliphatic carbocycles. The highest BCUT2D eigenvalue weighted by Crippen LogP contribution is 1.99. The first-order valence-electron chi connectivity index (χ1n) is 4.47. The van der Waals surface area contributed by atoms with Crippen molar-refractivity contribution in [1.82, 2.24) is 9.97 Å². The molecule has 70 valence electrons. The van der Waals surface area contributed by atoms with Crippen LogP contribution in [0.2, 0.25) is 0 Å². The maximum Gasteiger partial charge on any atom is 0.0924 e. The molecule has 0 bridgehead atoms. The average molecular weight is 185 g/mol. The largest absolute Gasteiger partial charge is 0.344 e. The minimum atomic E-state index is 0.708. The number of benzene rings is 1. The molecule has 0 radical (unpaired) electrons. The van der Waals surface area contributed by atoms with Crippen molar-refractivity contribution in [2.24, 2.45) is 4.99 Å². The molecule has 1 N–H and O–H groups in total. The van der Waals surface area contributed by atoms with E-state index >= 15 is 0 Å². The normalized spacial score (nSPS) is 10.9. The van der Waals surface area contributed by atoms with Gasteiger partial charge in [0.25, 0.3) is 0 Å². The second-order valence-electron chi connectivity index (χ2n) is 2.96. The zero-order valence-corrected chi connectivity index (χ0v) is 7.72. The SMILES string of the molecule is C(=NCc1ccccc1)c1cnc[nH]1. The second-order valence-corrected chi connectivity index (χ2v) is 2.96. The minimum Gasteiger partial charge on any atom is -0.344 e. The quantitative estimate of drug-likeness (QED) is 0.730. The van der Waals surface area contributed by atoms with Gasteiger partial charge in [0.15, 0.2) is 0 Å². The van der Waals surface area contributed by atoms with Crippen LogP contribution in [0.5, 0.6) is 0 Å². The van der Waals surface area contributed by atoms with Gasteiger partial charge in [0, 0.05) is 6.21 Å². The van der Waals surface area contributed by atoms with Crippen molar-refractivity contribution in [1.29, 1.82) is 0 Å². The number of nitrogens with one attached hydrogen (secondary N) is 1. The molecule has 0 aliphatic rings. The Hall–Kier alpha value is -1.90. The monoisotopic (exact) mass is 185 g/mol. The molecular formula is C11H11N3. The van der Waals surface area contributed by atoms with Gasteiger partial charge in [0.1, 0.15) is 0 Å². The van der Waals surface area contributed by atoms with Crippen LogP contribution < -0.4 is 0 Å². The van der Waals surface area contributed by atoms with Gasteiger partial charge in [-0.1, -0.05) is 30.3 Å². The summed E-state index contributed by atoms with van der Waals surface area (Å²) in [6.45, 7) is 0.708. The van der Waals surface area contributed by atoms with Crippen LogP contribution in [0.3, 0.4) is 0 Å². The van der Waals surface area contributed by atoms with E-state index in [9.17, 15) is 0 Å². The number of imidazole rings is 1. The van der Waals surface area contributed by atoms with Gasteiger partial charge in [0.2, 0.25) is 0 Å². The van der Waals surface area contributed by atoms with Gasteiger partial charge in [-0.25, -0.2) is 4.98 Å². The smallest absolute Gasteiger partial charge is 0.0924 e. The third kappa shape index (κ3) is 2.29. The van der Waals surface area contributed by atoms with E-state index in [0.29, 0.717) is 6.54 Å². The lowest BCUT2D eigenvalue weighted by Crippen LogP contribution is -1.83. The first-order valence-corrected chi connectivity index (χ1v) is 4.47. The van der Waals surface area contributed by atoms with Crippen molar-refractivity contribution in [3.8, 4) is 0 Å². The third-order valence-corrected chi connectivity index (χ3v) is 1.87. The lowest BCUT2D eigenvalue weighted by atomic mass is 10.2. The summed E-state index contributed by atoms with van der Waals surface area (Å²) in [6.07, 6.45) is 5.18. The number of aliphatic imine (C=N–C) groups is 1. The first kappa shape index (κ1) is 8.69. The average Bonchev–Trinajstić information content (AvgIpc) is 2.72. The molecular weight excluding hydrogens is 174 g/mol. The van der Waals surface area contributed by atoms with E-state index < -0.39 is 0 Å². The summed E-state index contributed by atoms with van der Waals surface area (Å²) in [6, 6.07) is 10.2. The van der Waals surface area contributed by atoms with E-state index in [1.807, 2.05) is 18.2 Å². The summed E-state index contributed by atoms with van der Waals surface area (Å²) in [7, 11) is 0. The van der Waals surface area contributed by atoms with Crippen molar-refractivity contribution in [3.63, 3.8) is 0 Å². The van der Waals surface area contributed by atoms with Gasteiger partial charge >= 0.3 is 0 Å². The fourth-order valence-corrected chi connectivity index (χ4v) is 1.17. The Morgan fingerprint density at radius 3 is 2.86 bits per heavy atom. The molecule has 3 nitrogen and oxygen atoms in total. The molecule has 3 heteroatoms. The van der Waals surface area contributed by atoms with Crippen molar-refractivity contribution >= 4 is 6.21 Å². The standard InChI is InChI=1S/C11H11N3/c1-2-4-10(5-3-1)6-12-7-11-8-13-9-14-11/h1-5,7-9H,6H2,(H,13,14). The van der Waals surface area contributed by atoms with Crippen molar-refractivity contribution < 1.29 is 0 Å². The summed E-state index contributed by atoms with van der Waals surface area (Å²) >= 11 is 0. The van der Waals surface area contributed by atoms with Crippen LogP contribution in [-0.2, 0) is 6.54 Å². The van der Waals surface area contributed by atoms with Gasteiger partial charge in [-0.2, -0.15) is 0 Å². The van der Waals surface area contributed by atoms with Gasteiger partial charge in [0.05, 0.1) is 24.8 Å².